The first-order chi connectivity index (χ1) is 7.24. The second-order valence-electron chi connectivity index (χ2n) is 3.19. The highest BCUT2D eigenvalue weighted by Crippen LogP contribution is 2.29. The number of carbonyl (C=O) groups excluding carboxylic acids is 1. The van der Waals surface area contributed by atoms with E-state index >= 15 is 0 Å². The van der Waals surface area contributed by atoms with Gasteiger partial charge < -0.3 is 10.5 Å². The first-order valence-corrected chi connectivity index (χ1v) is 5.41. The zero-order valence-electron chi connectivity index (χ0n) is 8.67. The van der Waals surface area contributed by atoms with E-state index in [2.05, 4.69) is 4.74 Å². The number of thiophene rings is 1. The van der Waals surface area contributed by atoms with Gasteiger partial charge in [0, 0.05) is 4.70 Å². The highest BCUT2D eigenvalue weighted by Gasteiger charge is 2.19. The van der Waals surface area contributed by atoms with E-state index in [1.54, 1.807) is 11.3 Å². The van der Waals surface area contributed by atoms with Gasteiger partial charge in [-0.25, -0.2) is 0 Å². The number of ether oxygens (including phenoxy) is 1. The van der Waals surface area contributed by atoms with Gasteiger partial charge in [-0.05, 0) is 22.4 Å². The van der Waals surface area contributed by atoms with Crippen LogP contribution in [0.5, 0.6) is 0 Å². The maximum atomic E-state index is 11.3. The quantitative estimate of drug-likeness (QED) is 0.841. The van der Waals surface area contributed by atoms with E-state index in [-0.39, 0.29) is 12.4 Å². The summed E-state index contributed by atoms with van der Waals surface area (Å²) in [4.78, 5) is 11.3. The van der Waals surface area contributed by atoms with E-state index in [1.807, 2.05) is 29.6 Å². The van der Waals surface area contributed by atoms with Crippen LogP contribution in [0.25, 0.3) is 10.1 Å². The lowest BCUT2D eigenvalue weighted by Crippen LogP contribution is -2.22. The van der Waals surface area contributed by atoms with Crippen molar-refractivity contribution in [3.8, 4) is 0 Å². The Morgan fingerprint density at radius 1 is 1.44 bits per heavy atom. The molecule has 16 heavy (non-hydrogen) atoms. The molecular weight excluding hydrogens is 246 g/mol. The molecule has 1 heterocycles. The van der Waals surface area contributed by atoms with Gasteiger partial charge in [0.1, 0.15) is 6.04 Å². The van der Waals surface area contributed by atoms with Gasteiger partial charge in [-0.1, -0.05) is 18.2 Å². The van der Waals surface area contributed by atoms with E-state index in [4.69, 9.17) is 5.73 Å². The summed E-state index contributed by atoms with van der Waals surface area (Å²) < 4.78 is 5.76. The Bertz CT molecular complexity index is 497. The predicted octanol–water partition coefficient (Wildman–Crippen LogP) is 2.50. The summed E-state index contributed by atoms with van der Waals surface area (Å²) in [6.45, 7) is 0. The van der Waals surface area contributed by atoms with Gasteiger partial charge in [0.25, 0.3) is 0 Å². The monoisotopic (exact) mass is 257 g/mol. The van der Waals surface area contributed by atoms with Crippen molar-refractivity contribution in [3.05, 3.63) is 35.2 Å². The van der Waals surface area contributed by atoms with Crippen molar-refractivity contribution in [2.75, 3.05) is 7.11 Å². The topological polar surface area (TPSA) is 52.3 Å². The van der Waals surface area contributed by atoms with Crippen molar-refractivity contribution >= 4 is 39.8 Å². The molecule has 5 heteroatoms. The normalized spacial score (nSPS) is 11.9. The van der Waals surface area contributed by atoms with Gasteiger partial charge in [0.05, 0.1) is 7.11 Å². The van der Waals surface area contributed by atoms with Crippen molar-refractivity contribution in [2.24, 2.45) is 5.73 Å². The average Bonchev–Trinajstić information content (AvgIpc) is 2.70. The highest BCUT2D eigenvalue weighted by atomic mass is 35.5. The van der Waals surface area contributed by atoms with E-state index in [0.717, 1.165) is 15.6 Å². The summed E-state index contributed by atoms with van der Waals surface area (Å²) in [7, 11) is 1.34. The van der Waals surface area contributed by atoms with Crippen LogP contribution in [0.3, 0.4) is 0 Å². The zero-order chi connectivity index (χ0) is 10.8. The smallest absolute Gasteiger partial charge is 0.327 e. The van der Waals surface area contributed by atoms with Crippen LogP contribution < -0.4 is 5.73 Å². The fourth-order valence-corrected chi connectivity index (χ4v) is 2.49. The van der Waals surface area contributed by atoms with E-state index in [9.17, 15) is 4.79 Å². The molecule has 0 saturated carbocycles. The molecule has 0 aliphatic heterocycles. The lowest BCUT2D eigenvalue weighted by atomic mass is 10.1. The Balaban J connectivity index is 0.00000128. The Morgan fingerprint density at radius 2 is 2.12 bits per heavy atom. The van der Waals surface area contributed by atoms with Crippen LogP contribution in [-0.4, -0.2) is 13.1 Å². The molecule has 1 atom stereocenters. The second kappa shape index (κ2) is 5.30. The molecule has 0 amide bonds. The van der Waals surface area contributed by atoms with Crippen LogP contribution in [0.2, 0.25) is 0 Å². The average molecular weight is 258 g/mol. The summed E-state index contributed by atoms with van der Waals surface area (Å²) in [6, 6.07) is 7.18. The molecular formula is C11H12ClNO2S. The number of methoxy groups -OCH3 is 1. The molecule has 0 bridgehead atoms. The third-order valence-corrected chi connectivity index (χ3v) is 3.28. The minimum Gasteiger partial charge on any atom is -0.468 e. The van der Waals surface area contributed by atoms with Crippen LogP contribution in [-0.2, 0) is 9.53 Å². The summed E-state index contributed by atoms with van der Waals surface area (Å²) >= 11 is 1.58. The molecule has 0 spiro atoms. The van der Waals surface area contributed by atoms with Crippen molar-refractivity contribution in [3.63, 3.8) is 0 Å². The molecule has 86 valence electrons. The minimum absolute atomic E-state index is 0. The minimum atomic E-state index is -0.689. The summed E-state index contributed by atoms with van der Waals surface area (Å²) in [5, 5.41) is 2.94. The molecule has 2 aromatic rings. The maximum absolute atomic E-state index is 11.3. The number of nitrogens with two attached hydrogens (primary N) is 1. The lowest BCUT2D eigenvalue weighted by molar-refractivity contribution is -0.142. The fraction of sp³-hybridized carbons (Fsp3) is 0.182. The summed E-state index contributed by atoms with van der Waals surface area (Å²) in [5.74, 6) is -0.404. The Labute approximate surface area is 104 Å². The van der Waals surface area contributed by atoms with Crippen molar-refractivity contribution in [1.82, 2.24) is 0 Å². The number of hydrogen-bond acceptors (Lipinski definition) is 4. The first-order valence-electron chi connectivity index (χ1n) is 4.53. The molecule has 1 aromatic heterocycles. The van der Waals surface area contributed by atoms with E-state index in [0.29, 0.717) is 0 Å². The number of fused-ring (bicyclic) bond motifs is 1. The molecule has 0 fully saturated rings. The van der Waals surface area contributed by atoms with Gasteiger partial charge in [-0.2, -0.15) is 0 Å². The van der Waals surface area contributed by atoms with Crippen LogP contribution in [0.1, 0.15) is 11.6 Å². The van der Waals surface area contributed by atoms with Crippen LogP contribution in [0, 0.1) is 0 Å². The largest absolute Gasteiger partial charge is 0.468 e. The number of halogens is 1. The first kappa shape index (κ1) is 13.0. The SMILES string of the molecule is COC(=O)[C@@H](N)c1csc2ccccc12.Cl. The Hall–Kier alpha value is -1.10. The Kier molecular flexibility index (Phi) is 4.29. The van der Waals surface area contributed by atoms with Crippen LogP contribution in [0.4, 0.5) is 0 Å². The van der Waals surface area contributed by atoms with Gasteiger partial charge in [0.15, 0.2) is 0 Å². The third kappa shape index (κ3) is 2.19. The number of benzene rings is 1. The number of esters is 1. The van der Waals surface area contributed by atoms with Crippen LogP contribution in [0.15, 0.2) is 29.6 Å². The molecule has 1 aromatic carbocycles. The van der Waals surface area contributed by atoms with Crippen molar-refractivity contribution in [2.45, 2.75) is 6.04 Å². The van der Waals surface area contributed by atoms with Gasteiger partial charge in [-0.3, -0.25) is 4.79 Å². The van der Waals surface area contributed by atoms with Gasteiger partial charge in [0.2, 0.25) is 0 Å². The standard InChI is InChI=1S/C11H11NO2S.ClH/c1-14-11(13)10(12)8-6-15-9-5-3-2-4-7(8)9;/h2-6,10H,12H2,1H3;1H/t10-;/m0./s1. The summed E-state index contributed by atoms with van der Waals surface area (Å²) in [5.41, 5.74) is 6.63. The molecule has 2 N–H and O–H groups in total. The number of carbonyl (C=O) groups is 1. The fourth-order valence-electron chi connectivity index (χ4n) is 1.49. The molecule has 0 aliphatic rings. The maximum Gasteiger partial charge on any atom is 0.327 e. The van der Waals surface area contributed by atoms with Gasteiger partial charge in [-0.15, -0.1) is 23.7 Å². The van der Waals surface area contributed by atoms with Crippen molar-refractivity contribution in [1.29, 1.82) is 0 Å². The number of hydrogen-bond donors (Lipinski definition) is 1. The molecule has 3 nitrogen and oxygen atoms in total. The molecule has 0 unspecified atom stereocenters. The van der Waals surface area contributed by atoms with Crippen LogP contribution >= 0.6 is 23.7 Å². The van der Waals surface area contributed by atoms with Gasteiger partial charge >= 0.3 is 5.97 Å². The van der Waals surface area contributed by atoms with E-state index in [1.165, 1.54) is 7.11 Å². The molecule has 0 aliphatic carbocycles. The third-order valence-electron chi connectivity index (χ3n) is 2.30. The molecule has 2 rings (SSSR count). The van der Waals surface area contributed by atoms with Crippen molar-refractivity contribution < 1.29 is 9.53 Å². The zero-order valence-corrected chi connectivity index (χ0v) is 10.3. The molecule has 0 saturated heterocycles. The predicted molar refractivity (Wildman–Crippen MR) is 68.0 cm³/mol. The Morgan fingerprint density at radius 3 is 2.81 bits per heavy atom. The second-order valence-corrected chi connectivity index (χ2v) is 4.10. The summed E-state index contributed by atoms with van der Waals surface area (Å²) in [6.07, 6.45) is 0. The van der Waals surface area contributed by atoms with E-state index < -0.39 is 12.0 Å². The highest BCUT2D eigenvalue weighted by molar-refractivity contribution is 7.17. The number of rotatable bonds is 2. The lowest BCUT2D eigenvalue weighted by Gasteiger charge is -2.07. The molecule has 0 radical (unpaired) electrons.